The van der Waals surface area contributed by atoms with E-state index in [1.807, 2.05) is 0 Å². The molecule has 0 fully saturated rings. The second-order valence-electron chi connectivity index (χ2n) is 6.27. The molecule has 6 nitrogen and oxygen atoms in total. The first kappa shape index (κ1) is 20.6. The Morgan fingerprint density at radius 3 is 2.77 bits per heavy atom. The van der Waals surface area contributed by atoms with Crippen LogP contribution in [-0.4, -0.2) is 20.8 Å². The van der Waals surface area contributed by atoms with Gasteiger partial charge in [0.15, 0.2) is 17.3 Å². The summed E-state index contributed by atoms with van der Waals surface area (Å²) in [4.78, 5) is 12.6. The Morgan fingerprint density at radius 1 is 1.20 bits per heavy atom. The fourth-order valence-corrected chi connectivity index (χ4v) is 3.65. The van der Waals surface area contributed by atoms with Crippen LogP contribution in [-0.2, 0) is 6.54 Å². The van der Waals surface area contributed by atoms with E-state index in [4.69, 9.17) is 27.7 Å². The Balaban J connectivity index is 1.50. The third-order valence-corrected chi connectivity index (χ3v) is 5.31. The summed E-state index contributed by atoms with van der Waals surface area (Å²) < 4.78 is 21.1. The molecule has 0 unspecified atom stereocenters. The minimum atomic E-state index is -0.521. The smallest absolute Gasteiger partial charge is 0.279 e. The van der Waals surface area contributed by atoms with E-state index in [2.05, 4.69) is 31.5 Å². The van der Waals surface area contributed by atoms with Gasteiger partial charge in [-0.1, -0.05) is 46.6 Å². The van der Waals surface area contributed by atoms with Crippen molar-refractivity contribution in [2.24, 2.45) is 0 Å². The molecule has 0 bridgehead atoms. The zero-order chi connectivity index (χ0) is 21.3. The highest BCUT2D eigenvalue weighted by molar-refractivity contribution is 9.10. The van der Waals surface area contributed by atoms with Gasteiger partial charge in [0.1, 0.15) is 5.82 Å². The number of halogens is 4. The molecule has 0 aliphatic rings. The highest BCUT2D eigenvalue weighted by Crippen LogP contribution is 2.31. The lowest BCUT2D eigenvalue weighted by Crippen LogP contribution is -2.13. The van der Waals surface area contributed by atoms with Crippen molar-refractivity contribution in [3.8, 4) is 11.3 Å². The fourth-order valence-electron chi connectivity index (χ4n) is 2.73. The highest BCUT2D eigenvalue weighted by atomic mass is 79.9. The lowest BCUT2D eigenvalue weighted by molar-refractivity contribution is 0.101. The number of amides is 1. The molecule has 0 saturated carbocycles. The first-order chi connectivity index (χ1) is 14.4. The van der Waals surface area contributed by atoms with E-state index in [1.54, 1.807) is 42.6 Å². The molecule has 0 aliphatic heterocycles. The summed E-state index contributed by atoms with van der Waals surface area (Å²) in [5.41, 5.74) is 1.08. The Kier molecular flexibility index (Phi) is 5.90. The summed E-state index contributed by atoms with van der Waals surface area (Å²) in [6.07, 6.45) is 1.64. The van der Waals surface area contributed by atoms with Crippen molar-refractivity contribution in [1.82, 2.24) is 14.9 Å². The lowest BCUT2D eigenvalue weighted by atomic mass is 10.1. The zero-order valence-corrected chi connectivity index (χ0v) is 18.2. The molecular weight excluding hydrogens is 498 g/mol. The van der Waals surface area contributed by atoms with E-state index in [9.17, 15) is 9.18 Å². The Bertz CT molecular complexity index is 1240. The predicted octanol–water partition coefficient (Wildman–Crippen LogP) is 6.05. The first-order valence-corrected chi connectivity index (χ1v) is 10.2. The van der Waals surface area contributed by atoms with Gasteiger partial charge in [0.25, 0.3) is 5.91 Å². The van der Waals surface area contributed by atoms with Crippen LogP contribution in [0.25, 0.3) is 11.3 Å². The van der Waals surface area contributed by atoms with Crippen LogP contribution in [0.4, 0.5) is 10.2 Å². The summed E-state index contributed by atoms with van der Waals surface area (Å²) in [6.45, 7) is 0.213. The van der Waals surface area contributed by atoms with Crippen molar-refractivity contribution >= 4 is 50.9 Å². The highest BCUT2D eigenvalue weighted by Gasteiger charge is 2.18. The maximum Gasteiger partial charge on any atom is 0.279 e. The van der Waals surface area contributed by atoms with E-state index >= 15 is 0 Å². The molecule has 0 spiro atoms. The largest absolute Gasteiger partial charge is 0.355 e. The molecule has 0 atom stereocenters. The number of nitrogens with zero attached hydrogens (tertiary/aromatic N) is 3. The third kappa shape index (κ3) is 4.40. The summed E-state index contributed by atoms with van der Waals surface area (Å²) in [5.74, 6) is -0.256. The molecule has 4 aromatic rings. The van der Waals surface area contributed by atoms with Crippen molar-refractivity contribution in [1.29, 1.82) is 0 Å². The topological polar surface area (TPSA) is 73.0 Å². The van der Waals surface area contributed by atoms with Gasteiger partial charge < -0.3 is 9.84 Å². The van der Waals surface area contributed by atoms with E-state index < -0.39 is 5.91 Å². The molecular formula is C20H12BrCl2FN4O2. The second kappa shape index (κ2) is 8.59. The molecule has 4 rings (SSSR count). The van der Waals surface area contributed by atoms with Crippen molar-refractivity contribution in [2.75, 3.05) is 5.32 Å². The van der Waals surface area contributed by atoms with Crippen LogP contribution in [0.1, 0.15) is 16.1 Å². The Morgan fingerprint density at radius 2 is 2.00 bits per heavy atom. The number of anilines is 1. The number of benzene rings is 2. The molecule has 2 heterocycles. The molecule has 30 heavy (non-hydrogen) atoms. The van der Waals surface area contributed by atoms with Crippen LogP contribution in [0.2, 0.25) is 10.0 Å². The number of hydrogen-bond donors (Lipinski definition) is 1. The molecule has 0 saturated heterocycles. The average molecular weight is 510 g/mol. The third-order valence-electron chi connectivity index (χ3n) is 4.18. The average Bonchev–Trinajstić information content (AvgIpc) is 3.31. The van der Waals surface area contributed by atoms with Gasteiger partial charge in [-0.25, -0.2) is 4.39 Å². The van der Waals surface area contributed by atoms with Gasteiger partial charge in [-0.15, -0.1) is 0 Å². The molecule has 0 radical (unpaired) electrons. The summed E-state index contributed by atoms with van der Waals surface area (Å²) >= 11 is 15.4. The van der Waals surface area contributed by atoms with Gasteiger partial charge in [0.05, 0.1) is 16.0 Å². The zero-order valence-electron chi connectivity index (χ0n) is 15.1. The minimum Gasteiger partial charge on any atom is -0.355 e. The number of nitrogens with one attached hydrogen (secondary N) is 1. The minimum absolute atomic E-state index is 0.0478. The van der Waals surface area contributed by atoms with Crippen LogP contribution < -0.4 is 5.32 Å². The molecule has 2 aromatic heterocycles. The number of hydrogen-bond acceptors (Lipinski definition) is 4. The lowest BCUT2D eigenvalue weighted by Gasteiger charge is -2.03. The molecule has 0 aliphatic carbocycles. The van der Waals surface area contributed by atoms with Crippen LogP contribution in [0.3, 0.4) is 0 Å². The normalized spacial score (nSPS) is 10.9. The first-order valence-electron chi connectivity index (χ1n) is 8.60. The van der Waals surface area contributed by atoms with E-state index in [0.29, 0.717) is 31.4 Å². The standard InChI is InChI=1S/C20H12BrCl2FN4O2/c21-14-10-28(9-11-3-1-2-4-16(11)24)26-19(14)25-20(29)17-8-18(30-27-17)13-6-5-12(22)7-15(13)23/h1-8,10H,9H2,(H,25,26,29). The number of carbonyl (C=O) groups is 1. The van der Waals surface area contributed by atoms with Crippen LogP contribution in [0.15, 0.2) is 63.7 Å². The molecule has 1 amide bonds. The van der Waals surface area contributed by atoms with E-state index in [-0.39, 0.29) is 23.9 Å². The predicted molar refractivity (Wildman–Crippen MR) is 115 cm³/mol. The summed E-state index contributed by atoms with van der Waals surface area (Å²) in [5, 5.41) is 11.6. The van der Waals surface area contributed by atoms with Crippen molar-refractivity contribution in [2.45, 2.75) is 6.54 Å². The van der Waals surface area contributed by atoms with E-state index in [0.717, 1.165) is 0 Å². The molecule has 1 N–H and O–H groups in total. The van der Waals surface area contributed by atoms with Gasteiger partial charge in [0, 0.05) is 28.4 Å². The van der Waals surface area contributed by atoms with Crippen molar-refractivity contribution in [3.05, 3.63) is 86.3 Å². The quantitative estimate of drug-likeness (QED) is 0.355. The van der Waals surface area contributed by atoms with E-state index in [1.165, 1.54) is 16.8 Å². The molecule has 152 valence electrons. The van der Waals surface area contributed by atoms with Crippen LogP contribution >= 0.6 is 39.1 Å². The monoisotopic (exact) mass is 508 g/mol. The molecule has 10 heteroatoms. The fraction of sp³-hybridized carbons (Fsp3) is 0.0500. The number of carbonyl (C=O) groups excluding carboxylic acids is 1. The van der Waals surface area contributed by atoms with Gasteiger partial charge in [-0.2, -0.15) is 5.10 Å². The second-order valence-corrected chi connectivity index (χ2v) is 7.97. The number of rotatable bonds is 5. The Labute approximate surface area is 188 Å². The van der Waals surface area contributed by atoms with Gasteiger partial charge >= 0.3 is 0 Å². The maximum atomic E-state index is 13.8. The van der Waals surface area contributed by atoms with Gasteiger partial charge in [-0.3, -0.25) is 9.48 Å². The Hall–Kier alpha value is -2.68. The SMILES string of the molecule is O=C(Nc1nn(Cc2ccccc2F)cc1Br)c1cc(-c2ccc(Cl)cc2Cl)on1. The van der Waals surface area contributed by atoms with Crippen molar-refractivity contribution < 1.29 is 13.7 Å². The van der Waals surface area contributed by atoms with Crippen LogP contribution in [0.5, 0.6) is 0 Å². The molecule has 2 aromatic carbocycles. The van der Waals surface area contributed by atoms with Crippen LogP contribution in [0, 0.1) is 5.82 Å². The van der Waals surface area contributed by atoms with Crippen molar-refractivity contribution in [3.63, 3.8) is 0 Å². The number of aromatic nitrogens is 3. The van der Waals surface area contributed by atoms with Gasteiger partial charge in [-0.05, 0) is 40.2 Å². The van der Waals surface area contributed by atoms with Gasteiger partial charge in [0.2, 0.25) is 0 Å². The summed E-state index contributed by atoms with van der Waals surface area (Å²) in [7, 11) is 0. The maximum absolute atomic E-state index is 13.8. The summed E-state index contributed by atoms with van der Waals surface area (Å²) in [6, 6.07) is 12.8.